The smallest absolute Gasteiger partial charge is 0.252 e. The largest absolute Gasteiger partial charge is 0.351 e. The third-order valence-corrected chi connectivity index (χ3v) is 2.80. The van der Waals surface area contributed by atoms with Crippen LogP contribution < -0.4 is 10.6 Å². The number of hydrogen-bond donors (Lipinski definition) is 2. The molecule has 0 unspecified atom stereocenters. The lowest BCUT2D eigenvalue weighted by Crippen LogP contribution is -2.30. The van der Waals surface area contributed by atoms with Crippen LogP contribution in [0.2, 0.25) is 0 Å². The maximum atomic E-state index is 12.9. The number of pyridine rings is 2. The topological polar surface area (TPSA) is 84.0 Å². The van der Waals surface area contributed by atoms with Crippen molar-refractivity contribution in [3.8, 4) is 0 Å². The van der Waals surface area contributed by atoms with Gasteiger partial charge in [-0.05, 0) is 18.2 Å². The number of nitrogens with one attached hydrogen (secondary N) is 2. The van der Waals surface area contributed by atoms with Gasteiger partial charge in [0.1, 0.15) is 5.82 Å². The minimum absolute atomic E-state index is 0.119. The summed E-state index contributed by atoms with van der Waals surface area (Å²) < 4.78 is 12.9. The van der Waals surface area contributed by atoms with E-state index in [1.54, 1.807) is 18.3 Å². The molecule has 22 heavy (non-hydrogen) atoms. The summed E-state index contributed by atoms with van der Waals surface area (Å²) in [6.07, 6.45) is 4.05. The normalized spacial score (nSPS) is 10.0. The molecule has 0 aliphatic rings. The van der Waals surface area contributed by atoms with Gasteiger partial charge < -0.3 is 10.6 Å². The molecule has 0 atom stereocenters. The zero-order valence-electron chi connectivity index (χ0n) is 11.8. The zero-order chi connectivity index (χ0) is 15.8. The molecule has 0 spiro atoms. The molecule has 6 nitrogen and oxygen atoms in total. The lowest BCUT2D eigenvalue weighted by atomic mass is 10.2. The van der Waals surface area contributed by atoms with Crippen LogP contribution in [0, 0.1) is 5.82 Å². The van der Waals surface area contributed by atoms with Gasteiger partial charge in [-0.2, -0.15) is 0 Å². The Hall–Kier alpha value is -2.83. The molecule has 0 saturated carbocycles. The van der Waals surface area contributed by atoms with Gasteiger partial charge in [-0.15, -0.1) is 0 Å². The highest BCUT2D eigenvalue weighted by atomic mass is 19.1. The second-order valence-electron chi connectivity index (χ2n) is 4.50. The molecule has 2 N–H and O–H groups in total. The van der Waals surface area contributed by atoms with Crippen molar-refractivity contribution in [1.82, 2.24) is 20.6 Å². The van der Waals surface area contributed by atoms with Crippen LogP contribution in [0.4, 0.5) is 4.39 Å². The van der Waals surface area contributed by atoms with E-state index in [4.69, 9.17) is 0 Å². The van der Waals surface area contributed by atoms with Crippen molar-refractivity contribution in [2.75, 3.05) is 6.54 Å². The van der Waals surface area contributed by atoms with Gasteiger partial charge in [0.2, 0.25) is 5.91 Å². The Bertz CT molecular complexity index is 649. The van der Waals surface area contributed by atoms with Crippen molar-refractivity contribution < 1.29 is 14.0 Å². The summed E-state index contributed by atoms with van der Waals surface area (Å²) in [5.41, 5.74) is 0.875. The fourth-order valence-electron chi connectivity index (χ4n) is 1.71. The van der Waals surface area contributed by atoms with Gasteiger partial charge in [-0.3, -0.25) is 19.6 Å². The Labute approximate surface area is 126 Å². The van der Waals surface area contributed by atoms with Gasteiger partial charge in [0.15, 0.2) is 0 Å². The summed E-state index contributed by atoms with van der Waals surface area (Å²) in [5, 5.41) is 5.23. The molecule has 0 aliphatic carbocycles. The summed E-state index contributed by atoms with van der Waals surface area (Å²) in [7, 11) is 0. The van der Waals surface area contributed by atoms with Crippen molar-refractivity contribution in [1.29, 1.82) is 0 Å². The number of rotatable bonds is 6. The highest BCUT2D eigenvalue weighted by Crippen LogP contribution is 2.00. The van der Waals surface area contributed by atoms with Crippen molar-refractivity contribution in [2.24, 2.45) is 0 Å². The van der Waals surface area contributed by atoms with Crippen molar-refractivity contribution in [2.45, 2.75) is 13.0 Å². The van der Waals surface area contributed by atoms with Gasteiger partial charge >= 0.3 is 0 Å². The Morgan fingerprint density at radius 1 is 1.18 bits per heavy atom. The minimum atomic E-state index is -0.583. The molecular weight excluding hydrogens is 287 g/mol. The molecule has 0 aromatic carbocycles. The van der Waals surface area contributed by atoms with Crippen LogP contribution in [0.1, 0.15) is 22.5 Å². The fraction of sp³-hybridized carbons (Fsp3) is 0.200. The molecular formula is C15H15FN4O2. The Morgan fingerprint density at radius 2 is 2.05 bits per heavy atom. The molecule has 2 rings (SSSR count). The summed E-state index contributed by atoms with van der Waals surface area (Å²) in [4.78, 5) is 31.0. The van der Waals surface area contributed by atoms with Gasteiger partial charge in [0, 0.05) is 25.4 Å². The molecule has 0 aliphatic heterocycles. The summed E-state index contributed by atoms with van der Waals surface area (Å²) >= 11 is 0. The van der Waals surface area contributed by atoms with Crippen LogP contribution in [0.15, 0.2) is 42.9 Å². The first-order valence-electron chi connectivity index (χ1n) is 6.70. The van der Waals surface area contributed by atoms with Crippen molar-refractivity contribution >= 4 is 11.8 Å². The second kappa shape index (κ2) is 7.82. The lowest BCUT2D eigenvalue weighted by molar-refractivity contribution is -0.121. The van der Waals surface area contributed by atoms with Gasteiger partial charge in [0.05, 0.1) is 24.0 Å². The van der Waals surface area contributed by atoms with E-state index in [0.717, 1.165) is 18.0 Å². The lowest BCUT2D eigenvalue weighted by Gasteiger charge is -2.06. The van der Waals surface area contributed by atoms with Crippen LogP contribution in [0.25, 0.3) is 0 Å². The molecule has 114 valence electrons. The monoisotopic (exact) mass is 302 g/mol. The molecule has 2 heterocycles. The molecule has 2 aromatic heterocycles. The Morgan fingerprint density at radius 3 is 2.77 bits per heavy atom. The number of amides is 2. The van der Waals surface area contributed by atoms with Crippen molar-refractivity contribution in [3.05, 3.63) is 59.9 Å². The number of halogens is 1. The van der Waals surface area contributed by atoms with E-state index in [9.17, 15) is 14.0 Å². The standard InChI is InChI=1S/C15H15FN4O2/c16-12-7-11(8-17-9-12)15(22)19-6-4-14(21)20-10-13-3-1-2-5-18-13/h1-3,5,7-9H,4,6,10H2,(H,19,22)(H,20,21). The van der Waals surface area contributed by atoms with Crippen LogP contribution in [0.3, 0.4) is 0 Å². The maximum Gasteiger partial charge on any atom is 0.252 e. The van der Waals surface area contributed by atoms with Gasteiger partial charge in [0.25, 0.3) is 5.91 Å². The molecule has 0 bridgehead atoms. The van der Waals surface area contributed by atoms with Crippen LogP contribution in [-0.2, 0) is 11.3 Å². The van der Waals surface area contributed by atoms with E-state index >= 15 is 0 Å². The van der Waals surface area contributed by atoms with Crippen molar-refractivity contribution in [3.63, 3.8) is 0 Å². The predicted molar refractivity (Wildman–Crippen MR) is 77.2 cm³/mol. The first-order chi connectivity index (χ1) is 10.6. The molecule has 7 heteroatoms. The summed E-state index contributed by atoms with van der Waals surface area (Å²) in [6, 6.07) is 6.52. The molecule has 0 radical (unpaired) electrons. The first kappa shape index (κ1) is 15.6. The summed E-state index contributed by atoms with van der Waals surface area (Å²) in [5.74, 6) is -1.26. The number of carbonyl (C=O) groups is 2. The highest BCUT2D eigenvalue weighted by Gasteiger charge is 2.08. The van der Waals surface area contributed by atoms with Crippen LogP contribution in [0.5, 0.6) is 0 Å². The van der Waals surface area contributed by atoms with Gasteiger partial charge in [-0.25, -0.2) is 4.39 Å². The average Bonchev–Trinajstić information content (AvgIpc) is 2.54. The molecule has 2 aromatic rings. The molecule has 0 fully saturated rings. The molecule has 2 amide bonds. The third-order valence-electron chi connectivity index (χ3n) is 2.80. The first-order valence-corrected chi connectivity index (χ1v) is 6.70. The number of nitrogens with zero attached hydrogens (tertiary/aromatic N) is 2. The van der Waals surface area contributed by atoms with Crippen LogP contribution in [-0.4, -0.2) is 28.3 Å². The van der Waals surface area contributed by atoms with E-state index < -0.39 is 11.7 Å². The number of aromatic nitrogens is 2. The van der Waals surface area contributed by atoms with E-state index in [0.29, 0.717) is 6.54 Å². The predicted octanol–water partition coefficient (Wildman–Crippen LogP) is 1.05. The van der Waals surface area contributed by atoms with Crippen LogP contribution >= 0.6 is 0 Å². The number of carbonyl (C=O) groups excluding carboxylic acids is 2. The average molecular weight is 302 g/mol. The van der Waals surface area contributed by atoms with E-state index in [1.165, 1.54) is 6.20 Å². The highest BCUT2D eigenvalue weighted by molar-refractivity contribution is 5.94. The maximum absolute atomic E-state index is 12.9. The van der Waals surface area contributed by atoms with E-state index in [-0.39, 0.29) is 24.4 Å². The van der Waals surface area contributed by atoms with E-state index in [1.807, 2.05) is 6.07 Å². The van der Waals surface area contributed by atoms with E-state index in [2.05, 4.69) is 20.6 Å². The van der Waals surface area contributed by atoms with Gasteiger partial charge in [-0.1, -0.05) is 6.07 Å². The minimum Gasteiger partial charge on any atom is -0.351 e. The zero-order valence-corrected chi connectivity index (χ0v) is 11.8. The quantitative estimate of drug-likeness (QED) is 0.835. The molecule has 0 saturated heterocycles. The third kappa shape index (κ3) is 4.93. The summed E-state index contributed by atoms with van der Waals surface area (Å²) in [6.45, 7) is 0.491. The second-order valence-corrected chi connectivity index (χ2v) is 4.50. The fourth-order valence-corrected chi connectivity index (χ4v) is 1.71. The Balaban J connectivity index is 1.69. The Kier molecular flexibility index (Phi) is 5.53. The number of hydrogen-bond acceptors (Lipinski definition) is 4. The SMILES string of the molecule is O=C(CCNC(=O)c1cncc(F)c1)NCc1ccccn1.